The summed E-state index contributed by atoms with van der Waals surface area (Å²) in [4.78, 5) is 31.6. The molecule has 2 N–H and O–H groups in total. The molecule has 1 amide bonds. The fraction of sp³-hybridized carbons (Fsp3) is 0.259. The van der Waals surface area contributed by atoms with Gasteiger partial charge in [0.15, 0.2) is 0 Å². The van der Waals surface area contributed by atoms with E-state index in [0.717, 1.165) is 43.9 Å². The normalized spacial score (nSPS) is 15.5. The van der Waals surface area contributed by atoms with Crippen molar-refractivity contribution in [2.75, 3.05) is 30.8 Å². The van der Waals surface area contributed by atoms with Crippen LogP contribution in [0, 0.1) is 5.82 Å². The second-order valence-electron chi connectivity index (χ2n) is 9.03. The van der Waals surface area contributed by atoms with Crippen molar-refractivity contribution < 1.29 is 9.18 Å². The maximum absolute atomic E-state index is 13.2. The van der Waals surface area contributed by atoms with Gasteiger partial charge in [-0.15, -0.1) is 11.3 Å². The Balaban J connectivity index is 1.18. The highest BCUT2D eigenvalue weighted by Gasteiger charge is 2.27. The molecule has 2 aromatic heterocycles. The number of hydrogen-bond acceptors (Lipinski definition) is 8. The molecule has 4 aromatic rings. The summed E-state index contributed by atoms with van der Waals surface area (Å²) >= 11 is 1.66. The lowest BCUT2D eigenvalue weighted by molar-refractivity contribution is 0.0603. The van der Waals surface area contributed by atoms with E-state index in [9.17, 15) is 9.18 Å². The van der Waals surface area contributed by atoms with Crippen LogP contribution in [-0.2, 0) is 6.54 Å². The van der Waals surface area contributed by atoms with Gasteiger partial charge in [-0.05, 0) is 74.5 Å². The summed E-state index contributed by atoms with van der Waals surface area (Å²) in [5.41, 5.74) is 4.01. The number of likely N-dealkylation sites (N-methyl/N-ethyl adjacent to an activating group) is 1. The van der Waals surface area contributed by atoms with E-state index in [1.165, 1.54) is 17.0 Å². The molecule has 0 aliphatic carbocycles. The quantitative estimate of drug-likeness (QED) is 0.328. The first-order valence-electron chi connectivity index (χ1n) is 12.1. The van der Waals surface area contributed by atoms with Gasteiger partial charge in [0, 0.05) is 59.9 Å². The summed E-state index contributed by atoms with van der Waals surface area (Å²) in [5, 5.41) is 6.30. The molecule has 1 fully saturated rings. The molecule has 37 heavy (non-hydrogen) atoms. The summed E-state index contributed by atoms with van der Waals surface area (Å²) < 4.78 is 13.1. The Bertz CT molecular complexity index is 1320. The summed E-state index contributed by atoms with van der Waals surface area (Å²) in [6.07, 6.45) is 5.61. The molecule has 10 heteroatoms. The molecule has 8 nitrogen and oxygen atoms in total. The standard InChI is InChI=1S/C27H28FN7OS/c1-34(17-24-15-29-18-37-24)23-3-2-14-35(16-23)26(36)19-4-8-22(9-5-19)32-27-30-13-12-25(33-27)31-21-10-6-20(28)7-11-21/h4-13,15,18,23H,2-3,14,16-17H2,1H3,(H2,30,31,32,33). The van der Waals surface area contributed by atoms with Gasteiger partial charge in [-0.3, -0.25) is 14.7 Å². The van der Waals surface area contributed by atoms with Crippen LogP contribution in [0.2, 0.25) is 0 Å². The molecule has 0 saturated carbocycles. The van der Waals surface area contributed by atoms with E-state index >= 15 is 0 Å². The molecule has 5 rings (SSSR count). The van der Waals surface area contributed by atoms with Gasteiger partial charge >= 0.3 is 0 Å². The van der Waals surface area contributed by atoms with Crippen LogP contribution in [0.25, 0.3) is 0 Å². The maximum Gasteiger partial charge on any atom is 0.253 e. The first-order valence-corrected chi connectivity index (χ1v) is 13.0. The smallest absolute Gasteiger partial charge is 0.253 e. The topological polar surface area (TPSA) is 86.3 Å². The van der Waals surface area contributed by atoms with Crippen molar-refractivity contribution in [3.05, 3.63) is 88.8 Å². The predicted octanol–water partition coefficient (Wildman–Crippen LogP) is 5.30. The van der Waals surface area contributed by atoms with Crippen LogP contribution in [0.4, 0.5) is 27.5 Å². The van der Waals surface area contributed by atoms with E-state index < -0.39 is 0 Å². The third-order valence-electron chi connectivity index (χ3n) is 6.36. The SMILES string of the molecule is CN(Cc1cncs1)C1CCCN(C(=O)c2ccc(Nc3nccc(Nc4ccc(F)cc4)n3)cc2)C1. The number of nitrogens with zero attached hydrogens (tertiary/aromatic N) is 5. The minimum atomic E-state index is -0.295. The third-order valence-corrected chi connectivity index (χ3v) is 7.12. The Morgan fingerprint density at radius 3 is 2.62 bits per heavy atom. The van der Waals surface area contributed by atoms with E-state index in [1.807, 2.05) is 40.9 Å². The number of thiazole rings is 1. The predicted molar refractivity (Wildman–Crippen MR) is 144 cm³/mol. The van der Waals surface area contributed by atoms with Gasteiger partial charge < -0.3 is 15.5 Å². The maximum atomic E-state index is 13.2. The second-order valence-corrected chi connectivity index (χ2v) is 10.0. The summed E-state index contributed by atoms with van der Waals surface area (Å²) in [5.74, 6) is 0.742. The first kappa shape index (κ1) is 24.8. The van der Waals surface area contributed by atoms with Crippen LogP contribution in [-0.4, -0.2) is 56.8 Å². The largest absolute Gasteiger partial charge is 0.340 e. The number of benzene rings is 2. The van der Waals surface area contributed by atoms with E-state index in [4.69, 9.17) is 0 Å². The molecule has 190 valence electrons. The number of aromatic nitrogens is 3. The van der Waals surface area contributed by atoms with E-state index in [-0.39, 0.29) is 11.7 Å². The van der Waals surface area contributed by atoms with E-state index in [0.29, 0.717) is 23.4 Å². The van der Waals surface area contributed by atoms with Gasteiger partial charge in [-0.1, -0.05) is 0 Å². The van der Waals surface area contributed by atoms with Crippen LogP contribution in [0.5, 0.6) is 0 Å². The number of halogens is 1. The van der Waals surface area contributed by atoms with Crippen LogP contribution in [0.15, 0.2) is 72.5 Å². The highest BCUT2D eigenvalue weighted by Crippen LogP contribution is 2.22. The lowest BCUT2D eigenvalue weighted by Gasteiger charge is -2.37. The third kappa shape index (κ3) is 6.46. The van der Waals surface area contributed by atoms with Gasteiger partial charge in [-0.25, -0.2) is 9.37 Å². The van der Waals surface area contributed by atoms with Crippen LogP contribution < -0.4 is 10.6 Å². The van der Waals surface area contributed by atoms with Crippen molar-refractivity contribution in [1.29, 1.82) is 0 Å². The molecular weight excluding hydrogens is 489 g/mol. The number of carbonyl (C=O) groups is 1. The van der Waals surface area contributed by atoms with Gasteiger partial charge in [0.1, 0.15) is 11.6 Å². The molecule has 1 aliphatic heterocycles. The minimum absolute atomic E-state index is 0.0455. The summed E-state index contributed by atoms with van der Waals surface area (Å²) in [6, 6.07) is 15.5. The molecule has 1 saturated heterocycles. The number of amides is 1. The molecule has 1 atom stereocenters. The first-order chi connectivity index (χ1) is 18.0. The second kappa shape index (κ2) is 11.4. The van der Waals surface area contributed by atoms with Crippen molar-refractivity contribution >= 4 is 40.4 Å². The van der Waals surface area contributed by atoms with Gasteiger partial charge in [0.25, 0.3) is 5.91 Å². The van der Waals surface area contributed by atoms with Crippen LogP contribution in [0.3, 0.4) is 0 Å². The monoisotopic (exact) mass is 517 g/mol. The number of nitrogens with one attached hydrogen (secondary N) is 2. The Labute approximate surface area is 219 Å². The minimum Gasteiger partial charge on any atom is -0.340 e. The molecule has 3 heterocycles. The molecule has 2 aromatic carbocycles. The fourth-order valence-electron chi connectivity index (χ4n) is 4.37. The van der Waals surface area contributed by atoms with E-state index in [1.54, 1.807) is 35.7 Å². The number of carbonyl (C=O) groups excluding carboxylic acids is 1. The molecule has 0 spiro atoms. The summed E-state index contributed by atoms with van der Waals surface area (Å²) in [7, 11) is 2.12. The van der Waals surface area contributed by atoms with Crippen LogP contribution >= 0.6 is 11.3 Å². The zero-order chi connectivity index (χ0) is 25.6. The molecular formula is C27H28FN7OS. The molecule has 1 aliphatic rings. The van der Waals surface area contributed by atoms with Gasteiger partial charge in [0.05, 0.1) is 5.51 Å². The Hall–Kier alpha value is -3.89. The number of rotatable bonds is 8. The van der Waals surface area contributed by atoms with E-state index in [2.05, 4.69) is 37.5 Å². The van der Waals surface area contributed by atoms with Gasteiger partial charge in [-0.2, -0.15) is 4.98 Å². The number of anilines is 4. The highest BCUT2D eigenvalue weighted by molar-refractivity contribution is 7.09. The summed E-state index contributed by atoms with van der Waals surface area (Å²) in [6.45, 7) is 2.33. The Morgan fingerprint density at radius 2 is 1.86 bits per heavy atom. The lowest BCUT2D eigenvalue weighted by Crippen LogP contribution is -2.48. The zero-order valence-corrected chi connectivity index (χ0v) is 21.3. The number of hydrogen-bond donors (Lipinski definition) is 2. The molecule has 0 bridgehead atoms. The average molecular weight is 518 g/mol. The Morgan fingerprint density at radius 1 is 1.11 bits per heavy atom. The number of likely N-dealkylation sites (tertiary alicyclic amines) is 1. The van der Waals surface area contributed by atoms with Crippen molar-refractivity contribution in [3.8, 4) is 0 Å². The zero-order valence-electron chi connectivity index (χ0n) is 20.5. The molecule has 0 radical (unpaired) electrons. The average Bonchev–Trinajstić information content (AvgIpc) is 3.43. The van der Waals surface area contributed by atoms with Crippen molar-refractivity contribution in [1.82, 2.24) is 24.8 Å². The van der Waals surface area contributed by atoms with Gasteiger partial charge in [0.2, 0.25) is 5.95 Å². The van der Waals surface area contributed by atoms with Crippen molar-refractivity contribution in [2.24, 2.45) is 0 Å². The van der Waals surface area contributed by atoms with Crippen molar-refractivity contribution in [2.45, 2.75) is 25.4 Å². The fourth-order valence-corrected chi connectivity index (χ4v) is 5.03. The highest BCUT2D eigenvalue weighted by atomic mass is 32.1. The molecule has 1 unspecified atom stereocenters. The van der Waals surface area contributed by atoms with Crippen molar-refractivity contribution in [3.63, 3.8) is 0 Å². The number of piperidine rings is 1. The lowest BCUT2D eigenvalue weighted by atomic mass is 10.0. The Kier molecular flexibility index (Phi) is 7.67. The van der Waals surface area contributed by atoms with Crippen LogP contribution in [0.1, 0.15) is 28.1 Å².